The van der Waals surface area contributed by atoms with Crippen molar-refractivity contribution in [3.8, 4) is 0 Å². The zero-order valence-corrected chi connectivity index (χ0v) is 13.0. The molecule has 0 N–H and O–H groups in total. The highest BCUT2D eigenvalue weighted by Gasteiger charge is 2.26. The third-order valence-corrected chi connectivity index (χ3v) is 5.30. The maximum absolute atomic E-state index is 11.8. The van der Waals surface area contributed by atoms with Crippen molar-refractivity contribution in [1.29, 1.82) is 0 Å². The molecule has 1 aliphatic rings. The Bertz CT molecular complexity index is 535. The molecule has 1 aromatic rings. The Kier molecular flexibility index (Phi) is 4.44. The number of sulfonamides is 1. The fraction of sp³-hybridized carbons (Fsp3) is 0.667. The highest BCUT2D eigenvalue weighted by Crippen LogP contribution is 2.16. The van der Waals surface area contributed by atoms with Crippen LogP contribution in [0, 0.1) is 0 Å². The molecule has 0 aromatic carbocycles. The molecule has 2 heterocycles. The van der Waals surface area contributed by atoms with Gasteiger partial charge in [0.2, 0.25) is 10.0 Å². The zero-order valence-electron chi connectivity index (χ0n) is 12.2. The first-order valence-corrected chi connectivity index (χ1v) is 8.29. The van der Waals surface area contributed by atoms with E-state index in [9.17, 15) is 8.42 Å². The van der Waals surface area contributed by atoms with Gasteiger partial charge in [0.1, 0.15) is 0 Å². The first kappa shape index (κ1) is 15.0. The molecule has 0 saturated carbocycles. The molecule has 2 rings (SSSR count). The average molecular weight is 299 g/mol. The van der Waals surface area contributed by atoms with Crippen LogP contribution < -0.4 is 9.80 Å². The lowest BCUT2D eigenvalue weighted by Crippen LogP contribution is -2.49. The van der Waals surface area contributed by atoms with Crippen LogP contribution in [-0.4, -0.2) is 68.9 Å². The molecule has 1 aromatic heterocycles. The summed E-state index contributed by atoms with van der Waals surface area (Å²) in [5.41, 5.74) is 0. The molecule has 1 fully saturated rings. The van der Waals surface area contributed by atoms with Crippen LogP contribution in [0.5, 0.6) is 0 Å². The number of hydrogen-bond acceptors (Lipinski definition) is 6. The van der Waals surface area contributed by atoms with Crippen LogP contribution in [-0.2, 0) is 10.0 Å². The van der Waals surface area contributed by atoms with Crippen molar-refractivity contribution in [1.82, 2.24) is 14.5 Å². The van der Waals surface area contributed by atoms with Gasteiger partial charge in [-0.2, -0.15) is 4.31 Å². The van der Waals surface area contributed by atoms with Gasteiger partial charge in [0, 0.05) is 40.3 Å². The lowest BCUT2D eigenvalue weighted by atomic mass is 10.3. The number of piperazine rings is 1. The van der Waals surface area contributed by atoms with Crippen LogP contribution in [0.3, 0.4) is 0 Å². The predicted molar refractivity (Wildman–Crippen MR) is 79.6 cm³/mol. The molecular formula is C12H21N5O2S. The van der Waals surface area contributed by atoms with E-state index < -0.39 is 10.0 Å². The fourth-order valence-electron chi connectivity index (χ4n) is 2.10. The Labute approximate surface area is 120 Å². The van der Waals surface area contributed by atoms with Crippen LogP contribution in [0.15, 0.2) is 12.1 Å². The van der Waals surface area contributed by atoms with Crippen LogP contribution in [0.1, 0.15) is 6.92 Å². The third-order valence-electron chi connectivity index (χ3n) is 3.42. The molecule has 0 aliphatic carbocycles. The quantitative estimate of drug-likeness (QED) is 0.780. The Morgan fingerprint density at radius 3 is 2.25 bits per heavy atom. The van der Waals surface area contributed by atoms with Crippen molar-refractivity contribution in [2.75, 3.05) is 55.8 Å². The molecule has 0 radical (unpaired) electrons. The predicted octanol–water partition coefficient (Wildman–Crippen LogP) is 0.0143. The molecule has 20 heavy (non-hydrogen) atoms. The van der Waals surface area contributed by atoms with Gasteiger partial charge in [0.15, 0.2) is 11.6 Å². The summed E-state index contributed by atoms with van der Waals surface area (Å²) in [6.07, 6.45) is 0. The summed E-state index contributed by atoms with van der Waals surface area (Å²) in [4.78, 5) is 3.96. The standard InChI is InChI=1S/C12H21N5O2S/c1-4-20(18,19)17-9-7-16(8-10-17)12-6-5-11(13-14-12)15(2)3/h5-6H,4,7-10H2,1-3H3. The van der Waals surface area contributed by atoms with Crippen molar-refractivity contribution in [2.45, 2.75) is 6.92 Å². The number of nitrogens with zero attached hydrogens (tertiary/aromatic N) is 5. The number of rotatable bonds is 4. The first-order valence-electron chi connectivity index (χ1n) is 6.68. The van der Waals surface area contributed by atoms with E-state index in [1.807, 2.05) is 31.1 Å². The third kappa shape index (κ3) is 3.18. The Morgan fingerprint density at radius 1 is 1.15 bits per heavy atom. The lowest BCUT2D eigenvalue weighted by Gasteiger charge is -2.34. The average Bonchev–Trinajstić information content (AvgIpc) is 2.47. The van der Waals surface area contributed by atoms with Gasteiger partial charge >= 0.3 is 0 Å². The second kappa shape index (κ2) is 5.92. The van der Waals surface area contributed by atoms with Gasteiger partial charge in [0.05, 0.1) is 5.75 Å². The van der Waals surface area contributed by atoms with E-state index in [0.717, 1.165) is 11.6 Å². The number of aromatic nitrogens is 2. The van der Waals surface area contributed by atoms with Gasteiger partial charge in [-0.3, -0.25) is 0 Å². The minimum atomic E-state index is -3.08. The van der Waals surface area contributed by atoms with Gasteiger partial charge in [-0.1, -0.05) is 0 Å². The second-order valence-corrected chi connectivity index (χ2v) is 7.19. The van der Waals surface area contributed by atoms with Gasteiger partial charge in [-0.15, -0.1) is 10.2 Å². The van der Waals surface area contributed by atoms with E-state index in [2.05, 4.69) is 15.1 Å². The van der Waals surface area contributed by atoms with Gasteiger partial charge < -0.3 is 9.80 Å². The SMILES string of the molecule is CCS(=O)(=O)N1CCN(c2ccc(N(C)C)nn2)CC1. The topological polar surface area (TPSA) is 69.6 Å². The summed E-state index contributed by atoms with van der Waals surface area (Å²) in [5.74, 6) is 1.76. The molecule has 0 amide bonds. The van der Waals surface area contributed by atoms with Crippen LogP contribution in [0.2, 0.25) is 0 Å². The van der Waals surface area contributed by atoms with E-state index in [4.69, 9.17) is 0 Å². The molecule has 1 saturated heterocycles. The van der Waals surface area contributed by atoms with Gasteiger partial charge in [-0.25, -0.2) is 8.42 Å². The van der Waals surface area contributed by atoms with Crippen molar-refractivity contribution < 1.29 is 8.42 Å². The number of hydrogen-bond donors (Lipinski definition) is 0. The Morgan fingerprint density at radius 2 is 1.80 bits per heavy atom. The lowest BCUT2D eigenvalue weighted by molar-refractivity contribution is 0.384. The Balaban J connectivity index is 2.00. The molecule has 7 nitrogen and oxygen atoms in total. The van der Waals surface area contributed by atoms with E-state index in [0.29, 0.717) is 26.2 Å². The van der Waals surface area contributed by atoms with E-state index >= 15 is 0 Å². The van der Waals surface area contributed by atoms with E-state index in [-0.39, 0.29) is 5.75 Å². The monoisotopic (exact) mass is 299 g/mol. The zero-order chi connectivity index (χ0) is 14.8. The first-order chi connectivity index (χ1) is 9.44. The minimum absolute atomic E-state index is 0.157. The maximum atomic E-state index is 11.8. The minimum Gasteiger partial charge on any atom is -0.361 e. The molecule has 1 aliphatic heterocycles. The van der Waals surface area contributed by atoms with Gasteiger partial charge in [-0.05, 0) is 19.1 Å². The summed E-state index contributed by atoms with van der Waals surface area (Å²) in [6, 6.07) is 3.84. The molecule has 0 spiro atoms. The van der Waals surface area contributed by atoms with E-state index in [1.54, 1.807) is 11.2 Å². The van der Waals surface area contributed by atoms with Gasteiger partial charge in [0.25, 0.3) is 0 Å². The highest BCUT2D eigenvalue weighted by atomic mass is 32.2. The normalized spacial score (nSPS) is 17.2. The summed E-state index contributed by atoms with van der Waals surface area (Å²) in [6.45, 7) is 3.98. The summed E-state index contributed by atoms with van der Waals surface area (Å²) < 4.78 is 25.1. The van der Waals surface area contributed by atoms with Crippen molar-refractivity contribution in [3.63, 3.8) is 0 Å². The smallest absolute Gasteiger partial charge is 0.213 e. The summed E-state index contributed by atoms with van der Waals surface area (Å²) >= 11 is 0. The summed E-state index contributed by atoms with van der Waals surface area (Å²) in [5, 5.41) is 8.34. The maximum Gasteiger partial charge on any atom is 0.213 e. The Hall–Kier alpha value is -1.41. The van der Waals surface area contributed by atoms with E-state index in [1.165, 1.54) is 0 Å². The molecule has 112 valence electrons. The van der Waals surface area contributed by atoms with Crippen LogP contribution in [0.25, 0.3) is 0 Å². The fourth-order valence-corrected chi connectivity index (χ4v) is 3.19. The summed E-state index contributed by atoms with van der Waals surface area (Å²) in [7, 11) is 0.749. The molecule has 8 heteroatoms. The molecule has 0 unspecified atom stereocenters. The van der Waals surface area contributed by atoms with Crippen molar-refractivity contribution in [2.24, 2.45) is 0 Å². The van der Waals surface area contributed by atoms with Crippen LogP contribution >= 0.6 is 0 Å². The highest BCUT2D eigenvalue weighted by molar-refractivity contribution is 7.89. The van der Waals surface area contributed by atoms with Crippen LogP contribution in [0.4, 0.5) is 11.6 Å². The second-order valence-electron chi connectivity index (χ2n) is 4.93. The largest absolute Gasteiger partial charge is 0.361 e. The van der Waals surface area contributed by atoms with Crippen molar-refractivity contribution in [3.05, 3.63) is 12.1 Å². The molecule has 0 atom stereocenters. The molecular weight excluding hydrogens is 278 g/mol. The molecule has 0 bridgehead atoms. The van der Waals surface area contributed by atoms with Crippen molar-refractivity contribution >= 4 is 21.7 Å². The number of anilines is 2.